The first-order chi connectivity index (χ1) is 9.99. The van der Waals surface area contributed by atoms with Gasteiger partial charge in [0.1, 0.15) is 0 Å². The molecule has 21 heavy (non-hydrogen) atoms. The maximum absolute atomic E-state index is 12.6. The van der Waals surface area contributed by atoms with Crippen LogP contribution in [0.25, 0.3) is 0 Å². The summed E-state index contributed by atoms with van der Waals surface area (Å²) >= 11 is 6.13. The fourth-order valence-electron chi connectivity index (χ4n) is 2.69. The van der Waals surface area contributed by atoms with Crippen LogP contribution in [0.5, 0.6) is 0 Å². The lowest BCUT2D eigenvalue weighted by Gasteiger charge is -2.36. The molecule has 0 aromatic heterocycles. The Labute approximate surface area is 130 Å². The Morgan fingerprint density at radius 1 is 1.38 bits per heavy atom. The van der Waals surface area contributed by atoms with Crippen molar-refractivity contribution in [3.05, 3.63) is 23.2 Å². The number of carbonyl (C=O) groups is 1. The molecule has 0 spiro atoms. The molecule has 0 saturated carbocycles. The minimum atomic E-state index is -0.152. The zero-order chi connectivity index (χ0) is 15.4. The van der Waals surface area contributed by atoms with E-state index < -0.39 is 0 Å². The number of hydrogen-bond acceptors (Lipinski definition) is 4. The third kappa shape index (κ3) is 4.09. The van der Waals surface area contributed by atoms with Gasteiger partial charge in [-0.1, -0.05) is 25.4 Å². The van der Waals surface area contributed by atoms with E-state index in [1.165, 1.54) is 0 Å². The number of carbonyl (C=O) groups excluding carboxylic acids is 1. The van der Waals surface area contributed by atoms with E-state index in [1.807, 2.05) is 0 Å². The highest BCUT2D eigenvalue weighted by Gasteiger charge is 2.30. The van der Waals surface area contributed by atoms with Gasteiger partial charge < -0.3 is 16.4 Å². The molecule has 116 valence electrons. The lowest BCUT2D eigenvalue weighted by molar-refractivity contribution is -0.123. The molecule has 1 saturated heterocycles. The summed E-state index contributed by atoms with van der Waals surface area (Å²) in [6.07, 6.45) is 0. The van der Waals surface area contributed by atoms with Gasteiger partial charge >= 0.3 is 0 Å². The van der Waals surface area contributed by atoms with Crippen molar-refractivity contribution in [1.82, 2.24) is 10.2 Å². The van der Waals surface area contributed by atoms with Crippen LogP contribution in [0.4, 0.5) is 11.4 Å². The van der Waals surface area contributed by atoms with Crippen molar-refractivity contribution in [1.29, 1.82) is 0 Å². The number of nitrogen functional groups attached to an aromatic ring is 1. The first-order valence-corrected chi connectivity index (χ1v) is 7.67. The molecular weight excluding hydrogens is 288 g/mol. The van der Waals surface area contributed by atoms with Crippen LogP contribution >= 0.6 is 11.6 Å². The highest BCUT2D eigenvalue weighted by molar-refractivity contribution is 6.34. The Bertz CT molecular complexity index is 500. The van der Waals surface area contributed by atoms with Gasteiger partial charge in [-0.05, 0) is 24.1 Å². The fourth-order valence-corrected chi connectivity index (χ4v) is 2.93. The standard InChI is InChI=1S/C15H23ClN4O/c1-10(2)14(20-7-5-18-6-8-20)15(21)19-13-4-3-11(17)9-12(13)16/h3-4,9-10,14,18H,5-8,17H2,1-2H3,(H,19,21). The predicted octanol–water partition coefficient (Wildman–Crippen LogP) is 1.79. The number of hydrogen-bond donors (Lipinski definition) is 3. The summed E-state index contributed by atoms with van der Waals surface area (Å²) in [7, 11) is 0. The summed E-state index contributed by atoms with van der Waals surface area (Å²) < 4.78 is 0. The van der Waals surface area contributed by atoms with Crippen LogP contribution < -0.4 is 16.4 Å². The maximum Gasteiger partial charge on any atom is 0.242 e. The summed E-state index contributed by atoms with van der Waals surface area (Å²) in [6.45, 7) is 7.73. The smallest absolute Gasteiger partial charge is 0.242 e. The van der Waals surface area contributed by atoms with Gasteiger partial charge in [0.25, 0.3) is 0 Å². The van der Waals surface area contributed by atoms with Crippen molar-refractivity contribution in [2.24, 2.45) is 5.92 Å². The third-order valence-electron chi connectivity index (χ3n) is 3.70. The number of anilines is 2. The fraction of sp³-hybridized carbons (Fsp3) is 0.533. The number of nitrogens with zero attached hydrogens (tertiary/aromatic N) is 1. The van der Waals surface area contributed by atoms with Gasteiger partial charge in [-0.25, -0.2) is 0 Å². The van der Waals surface area contributed by atoms with Crippen molar-refractivity contribution >= 4 is 28.9 Å². The predicted molar refractivity (Wildman–Crippen MR) is 87.6 cm³/mol. The Morgan fingerprint density at radius 2 is 2.05 bits per heavy atom. The zero-order valence-corrected chi connectivity index (χ0v) is 13.3. The molecule has 0 radical (unpaired) electrons. The topological polar surface area (TPSA) is 70.4 Å². The van der Waals surface area contributed by atoms with Crippen molar-refractivity contribution in [3.63, 3.8) is 0 Å². The van der Waals surface area contributed by atoms with Crippen LogP contribution in [0.2, 0.25) is 5.02 Å². The molecule has 0 bridgehead atoms. The molecule has 1 heterocycles. The average molecular weight is 311 g/mol. The monoisotopic (exact) mass is 310 g/mol. The zero-order valence-electron chi connectivity index (χ0n) is 12.5. The van der Waals surface area contributed by atoms with Gasteiger partial charge in [0.05, 0.1) is 16.8 Å². The Kier molecular flexibility index (Phi) is 5.45. The molecule has 1 aromatic carbocycles. The van der Waals surface area contributed by atoms with Crippen LogP contribution in [0.3, 0.4) is 0 Å². The first-order valence-electron chi connectivity index (χ1n) is 7.29. The molecule has 1 fully saturated rings. The van der Waals surface area contributed by atoms with Gasteiger partial charge in [0, 0.05) is 31.9 Å². The minimum absolute atomic E-state index is 0.0152. The summed E-state index contributed by atoms with van der Waals surface area (Å²) in [5.74, 6) is 0.217. The first kappa shape index (κ1) is 16.1. The molecule has 1 aliphatic rings. The second-order valence-electron chi connectivity index (χ2n) is 5.70. The van der Waals surface area contributed by atoms with Crippen molar-refractivity contribution < 1.29 is 4.79 Å². The van der Waals surface area contributed by atoms with Crippen molar-refractivity contribution in [2.45, 2.75) is 19.9 Å². The van der Waals surface area contributed by atoms with Gasteiger partial charge in [-0.2, -0.15) is 0 Å². The van der Waals surface area contributed by atoms with E-state index in [-0.39, 0.29) is 17.9 Å². The highest BCUT2D eigenvalue weighted by Crippen LogP contribution is 2.25. The van der Waals surface area contributed by atoms with Gasteiger partial charge in [0.15, 0.2) is 0 Å². The van der Waals surface area contributed by atoms with E-state index in [1.54, 1.807) is 18.2 Å². The average Bonchev–Trinajstić information content (AvgIpc) is 2.43. The molecule has 5 nitrogen and oxygen atoms in total. The summed E-state index contributed by atoms with van der Waals surface area (Å²) in [6, 6.07) is 4.97. The molecular formula is C15H23ClN4O. The Hall–Kier alpha value is -1.30. The molecule has 1 amide bonds. The van der Waals surface area contributed by atoms with Crippen molar-refractivity contribution in [2.75, 3.05) is 37.2 Å². The molecule has 2 rings (SSSR count). The van der Waals surface area contributed by atoms with E-state index in [2.05, 4.69) is 29.4 Å². The van der Waals surface area contributed by atoms with Crippen molar-refractivity contribution in [3.8, 4) is 0 Å². The molecule has 1 unspecified atom stereocenters. The summed E-state index contributed by atoms with van der Waals surface area (Å²) in [5.41, 5.74) is 6.86. The molecule has 6 heteroatoms. The Morgan fingerprint density at radius 3 is 2.62 bits per heavy atom. The van der Waals surface area contributed by atoms with E-state index in [0.717, 1.165) is 26.2 Å². The molecule has 0 aliphatic carbocycles. The maximum atomic E-state index is 12.6. The van der Waals surface area contributed by atoms with Gasteiger partial charge in [-0.3, -0.25) is 9.69 Å². The van der Waals surface area contributed by atoms with Crippen LogP contribution in [0.1, 0.15) is 13.8 Å². The van der Waals surface area contributed by atoms with E-state index in [0.29, 0.717) is 16.4 Å². The lowest BCUT2D eigenvalue weighted by atomic mass is 10.0. The van der Waals surface area contributed by atoms with Crippen LogP contribution in [0.15, 0.2) is 18.2 Å². The lowest BCUT2D eigenvalue weighted by Crippen LogP contribution is -2.54. The number of amides is 1. The molecule has 1 atom stereocenters. The number of piperazine rings is 1. The van der Waals surface area contributed by atoms with Crippen LogP contribution in [-0.2, 0) is 4.79 Å². The number of nitrogens with two attached hydrogens (primary N) is 1. The number of halogens is 1. The second kappa shape index (κ2) is 7.11. The quantitative estimate of drug-likeness (QED) is 0.742. The van der Waals surface area contributed by atoms with Crippen LogP contribution in [-0.4, -0.2) is 43.0 Å². The third-order valence-corrected chi connectivity index (χ3v) is 4.01. The SMILES string of the molecule is CC(C)C(C(=O)Nc1ccc(N)cc1Cl)N1CCNCC1. The van der Waals surface area contributed by atoms with E-state index in [9.17, 15) is 4.79 Å². The second-order valence-corrected chi connectivity index (χ2v) is 6.11. The summed E-state index contributed by atoms with van der Waals surface area (Å²) in [5, 5.41) is 6.70. The molecule has 1 aromatic rings. The van der Waals surface area contributed by atoms with Gasteiger partial charge in [0.2, 0.25) is 5.91 Å². The number of benzene rings is 1. The Balaban J connectivity index is 2.11. The van der Waals surface area contributed by atoms with E-state index >= 15 is 0 Å². The van der Waals surface area contributed by atoms with Gasteiger partial charge in [-0.15, -0.1) is 0 Å². The number of rotatable bonds is 4. The summed E-state index contributed by atoms with van der Waals surface area (Å²) in [4.78, 5) is 14.9. The van der Waals surface area contributed by atoms with E-state index in [4.69, 9.17) is 17.3 Å². The van der Waals surface area contributed by atoms with Crippen LogP contribution in [0, 0.1) is 5.92 Å². The molecule has 1 aliphatic heterocycles. The normalized spacial score (nSPS) is 17.7. The largest absolute Gasteiger partial charge is 0.399 e. The number of nitrogens with one attached hydrogen (secondary N) is 2. The highest BCUT2D eigenvalue weighted by atomic mass is 35.5. The minimum Gasteiger partial charge on any atom is -0.399 e. The molecule has 4 N–H and O–H groups in total.